The van der Waals surface area contributed by atoms with Gasteiger partial charge in [-0.25, -0.2) is 13.2 Å². The molecule has 0 spiro atoms. The summed E-state index contributed by atoms with van der Waals surface area (Å²) >= 11 is 0. The average Bonchev–Trinajstić information content (AvgIpc) is 2.82. The first-order valence-corrected chi connectivity index (χ1v) is 5.69. The number of nitrogens with one attached hydrogen (secondary N) is 2. The maximum absolute atomic E-state index is 13.6. The fourth-order valence-corrected chi connectivity index (χ4v) is 1.91. The SMILES string of the molecule is Nc1cc2cn[nH]c2cc1Nc1cc(F)cc(F)c1F. The van der Waals surface area contributed by atoms with Crippen LogP contribution in [0.3, 0.4) is 0 Å². The number of nitrogen functional groups attached to an aromatic ring is 1. The lowest BCUT2D eigenvalue weighted by Crippen LogP contribution is -2.00. The summed E-state index contributed by atoms with van der Waals surface area (Å²) in [5, 5.41) is 9.91. The van der Waals surface area contributed by atoms with E-state index in [9.17, 15) is 13.2 Å². The Balaban J connectivity index is 2.06. The highest BCUT2D eigenvalue weighted by molar-refractivity contribution is 5.89. The van der Waals surface area contributed by atoms with Crippen molar-refractivity contribution in [3.05, 3.63) is 47.9 Å². The van der Waals surface area contributed by atoms with E-state index in [0.29, 0.717) is 23.0 Å². The van der Waals surface area contributed by atoms with Crippen molar-refractivity contribution < 1.29 is 13.2 Å². The summed E-state index contributed by atoms with van der Waals surface area (Å²) in [5.41, 5.74) is 6.78. The van der Waals surface area contributed by atoms with Gasteiger partial charge in [0.1, 0.15) is 5.82 Å². The van der Waals surface area contributed by atoms with Crippen molar-refractivity contribution in [2.75, 3.05) is 11.1 Å². The van der Waals surface area contributed by atoms with Crippen LogP contribution in [0.1, 0.15) is 0 Å². The van der Waals surface area contributed by atoms with Gasteiger partial charge in [-0.1, -0.05) is 0 Å². The van der Waals surface area contributed by atoms with E-state index in [4.69, 9.17) is 5.73 Å². The smallest absolute Gasteiger partial charge is 0.182 e. The molecule has 0 aliphatic heterocycles. The first-order chi connectivity index (χ1) is 9.54. The first-order valence-electron chi connectivity index (χ1n) is 5.69. The molecule has 0 saturated heterocycles. The van der Waals surface area contributed by atoms with E-state index in [-0.39, 0.29) is 5.69 Å². The summed E-state index contributed by atoms with van der Waals surface area (Å²) in [4.78, 5) is 0. The number of nitrogens with two attached hydrogens (primary N) is 1. The summed E-state index contributed by atoms with van der Waals surface area (Å²) in [7, 11) is 0. The minimum absolute atomic E-state index is 0.308. The van der Waals surface area contributed by atoms with Crippen molar-refractivity contribution >= 4 is 28.0 Å². The zero-order valence-corrected chi connectivity index (χ0v) is 10.0. The number of anilines is 3. The van der Waals surface area contributed by atoms with Gasteiger partial charge in [-0.05, 0) is 12.1 Å². The van der Waals surface area contributed by atoms with Crippen LogP contribution in [0.25, 0.3) is 10.9 Å². The largest absolute Gasteiger partial charge is 0.397 e. The zero-order chi connectivity index (χ0) is 14.3. The van der Waals surface area contributed by atoms with Crippen molar-refractivity contribution in [1.29, 1.82) is 0 Å². The molecule has 0 radical (unpaired) electrons. The van der Waals surface area contributed by atoms with E-state index in [2.05, 4.69) is 15.5 Å². The molecule has 3 aromatic rings. The van der Waals surface area contributed by atoms with Crippen molar-refractivity contribution in [2.24, 2.45) is 0 Å². The molecule has 20 heavy (non-hydrogen) atoms. The number of nitrogens with zero attached hydrogens (tertiary/aromatic N) is 1. The molecule has 7 heteroatoms. The summed E-state index contributed by atoms with van der Waals surface area (Å²) in [6.45, 7) is 0. The standard InChI is InChI=1S/C13H9F3N4/c14-7-2-8(15)13(16)12(3-7)19-11-4-10-6(1-9(11)17)5-18-20-10/h1-5,19H,17H2,(H,18,20). The minimum Gasteiger partial charge on any atom is -0.397 e. The molecule has 3 rings (SSSR count). The number of hydrogen-bond donors (Lipinski definition) is 3. The number of rotatable bonds is 2. The Labute approximate surface area is 111 Å². The lowest BCUT2D eigenvalue weighted by Gasteiger charge is -2.11. The first kappa shape index (κ1) is 12.3. The van der Waals surface area contributed by atoms with Crippen LogP contribution in [0, 0.1) is 17.5 Å². The predicted octanol–water partition coefficient (Wildman–Crippen LogP) is 3.31. The molecule has 0 atom stereocenters. The van der Waals surface area contributed by atoms with Gasteiger partial charge in [-0.3, -0.25) is 5.10 Å². The summed E-state index contributed by atoms with van der Waals surface area (Å²) in [6.07, 6.45) is 1.58. The molecule has 0 unspecified atom stereocenters. The van der Waals surface area contributed by atoms with E-state index in [0.717, 1.165) is 11.5 Å². The summed E-state index contributed by atoms with van der Waals surface area (Å²) < 4.78 is 39.9. The van der Waals surface area contributed by atoms with E-state index in [1.165, 1.54) is 0 Å². The molecule has 1 aromatic heterocycles. The molecule has 4 N–H and O–H groups in total. The number of fused-ring (bicyclic) bond motifs is 1. The fourth-order valence-electron chi connectivity index (χ4n) is 1.91. The Morgan fingerprint density at radius 2 is 1.85 bits per heavy atom. The van der Waals surface area contributed by atoms with E-state index in [1.807, 2.05) is 0 Å². The Bertz CT molecular complexity index is 798. The van der Waals surface area contributed by atoms with Gasteiger partial charge in [0, 0.05) is 17.5 Å². The van der Waals surface area contributed by atoms with Crippen molar-refractivity contribution in [2.45, 2.75) is 0 Å². The third kappa shape index (κ3) is 2.03. The van der Waals surface area contributed by atoms with Gasteiger partial charge in [0.2, 0.25) is 0 Å². The van der Waals surface area contributed by atoms with Gasteiger partial charge in [-0.15, -0.1) is 0 Å². The number of benzene rings is 2. The van der Waals surface area contributed by atoms with Crippen LogP contribution in [0.4, 0.5) is 30.2 Å². The quantitative estimate of drug-likeness (QED) is 0.497. The highest BCUT2D eigenvalue weighted by Gasteiger charge is 2.13. The zero-order valence-electron chi connectivity index (χ0n) is 10.0. The van der Waals surface area contributed by atoms with Gasteiger partial charge in [0.15, 0.2) is 11.6 Å². The molecule has 2 aromatic carbocycles. The highest BCUT2D eigenvalue weighted by Crippen LogP contribution is 2.29. The molecule has 102 valence electrons. The Hall–Kier alpha value is -2.70. The van der Waals surface area contributed by atoms with Crippen LogP contribution < -0.4 is 11.1 Å². The molecule has 4 nitrogen and oxygen atoms in total. The lowest BCUT2D eigenvalue weighted by atomic mass is 10.2. The second-order valence-corrected chi connectivity index (χ2v) is 4.27. The van der Waals surface area contributed by atoms with Crippen LogP contribution in [0.2, 0.25) is 0 Å². The van der Waals surface area contributed by atoms with Crippen LogP contribution >= 0.6 is 0 Å². The molecule has 0 aliphatic carbocycles. The molecular formula is C13H9F3N4. The normalized spacial score (nSPS) is 10.9. The molecule has 0 bridgehead atoms. The monoisotopic (exact) mass is 278 g/mol. The van der Waals surface area contributed by atoms with Crippen LogP contribution in [-0.2, 0) is 0 Å². The third-order valence-corrected chi connectivity index (χ3v) is 2.87. The Morgan fingerprint density at radius 1 is 1.05 bits per heavy atom. The molecule has 0 fully saturated rings. The van der Waals surface area contributed by atoms with E-state index < -0.39 is 17.5 Å². The number of aromatic amines is 1. The maximum Gasteiger partial charge on any atom is 0.182 e. The van der Waals surface area contributed by atoms with Gasteiger partial charge in [0.25, 0.3) is 0 Å². The lowest BCUT2D eigenvalue weighted by molar-refractivity contribution is 0.498. The highest BCUT2D eigenvalue weighted by atomic mass is 19.2. The van der Waals surface area contributed by atoms with Gasteiger partial charge < -0.3 is 11.1 Å². The Morgan fingerprint density at radius 3 is 2.65 bits per heavy atom. The molecular weight excluding hydrogens is 269 g/mol. The van der Waals surface area contributed by atoms with Crippen molar-refractivity contribution in [1.82, 2.24) is 10.2 Å². The van der Waals surface area contributed by atoms with Gasteiger partial charge >= 0.3 is 0 Å². The summed E-state index contributed by atoms with van der Waals surface area (Å²) in [6, 6.07) is 4.53. The Kier molecular flexibility index (Phi) is 2.74. The maximum atomic E-state index is 13.6. The minimum atomic E-state index is -1.27. The summed E-state index contributed by atoms with van der Waals surface area (Å²) in [5.74, 6) is -3.32. The molecule has 0 amide bonds. The number of halogens is 3. The van der Waals surface area contributed by atoms with Gasteiger partial charge in [-0.2, -0.15) is 5.10 Å². The average molecular weight is 278 g/mol. The molecule has 0 aliphatic rings. The van der Waals surface area contributed by atoms with Crippen LogP contribution in [0.5, 0.6) is 0 Å². The topological polar surface area (TPSA) is 66.7 Å². The van der Waals surface area contributed by atoms with Crippen LogP contribution in [0.15, 0.2) is 30.5 Å². The van der Waals surface area contributed by atoms with Crippen LogP contribution in [-0.4, -0.2) is 10.2 Å². The van der Waals surface area contributed by atoms with Crippen molar-refractivity contribution in [3.8, 4) is 0 Å². The molecule has 1 heterocycles. The number of H-pyrrole nitrogens is 1. The predicted molar refractivity (Wildman–Crippen MR) is 70.1 cm³/mol. The molecule has 0 saturated carbocycles. The number of aromatic nitrogens is 2. The van der Waals surface area contributed by atoms with E-state index in [1.54, 1.807) is 18.3 Å². The fraction of sp³-hybridized carbons (Fsp3) is 0. The van der Waals surface area contributed by atoms with E-state index >= 15 is 0 Å². The number of hydrogen-bond acceptors (Lipinski definition) is 3. The van der Waals surface area contributed by atoms with Crippen molar-refractivity contribution in [3.63, 3.8) is 0 Å². The third-order valence-electron chi connectivity index (χ3n) is 2.87. The second kappa shape index (κ2) is 4.44. The second-order valence-electron chi connectivity index (χ2n) is 4.27. The van der Waals surface area contributed by atoms with Gasteiger partial charge in [0.05, 0.1) is 28.8 Å².